The molecule has 0 aromatic heterocycles. The van der Waals surface area contributed by atoms with E-state index in [4.69, 9.17) is 18.9 Å². The number of carbonyl (C=O) groups is 3. The predicted molar refractivity (Wildman–Crippen MR) is 143 cm³/mol. The van der Waals surface area contributed by atoms with Crippen LogP contribution in [0.4, 0.5) is 0 Å². The summed E-state index contributed by atoms with van der Waals surface area (Å²) in [5, 5.41) is 3.37. The summed E-state index contributed by atoms with van der Waals surface area (Å²) in [4.78, 5) is 39.4. The summed E-state index contributed by atoms with van der Waals surface area (Å²) in [6, 6.07) is 14.6. The van der Waals surface area contributed by atoms with Gasteiger partial charge < -0.3 is 24.3 Å². The maximum absolute atomic E-state index is 13.9. The molecule has 5 rings (SSSR count). The number of hydrogen-bond donors (Lipinski definition) is 1. The lowest BCUT2D eigenvalue weighted by Gasteiger charge is -2.37. The van der Waals surface area contributed by atoms with Gasteiger partial charge in [-0.1, -0.05) is 30.3 Å². The number of allylic oxidation sites excluding steroid dienone is 3. The van der Waals surface area contributed by atoms with Crippen LogP contribution in [-0.4, -0.2) is 51.3 Å². The lowest BCUT2D eigenvalue weighted by atomic mass is 9.71. The fraction of sp³-hybridized carbons (Fsp3) is 0.387. The van der Waals surface area contributed by atoms with Gasteiger partial charge in [-0.2, -0.15) is 0 Å². The monoisotopic (exact) mass is 531 g/mol. The van der Waals surface area contributed by atoms with Crippen LogP contribution in [0.5, 0.6) is 5.75 Å². The van der Waals surface area contributed by atoms with Crippen LogP contribution in [-0.2, 0) is 23.8 Å². The number of Topliss-reactive ketones (excluding diaryl/α,β-unsaturated/α-hetero) is 1. The number of rotatable bonds is 7. The van der Waals surface area contributed by atoms with Gasteiger partial charge in [-0.05, 0) is 55.5 Å². The molecule has 2 aliphatic heterocycles. The molecule has 0 bridgehead atoms. The van der Waals surface area contributed by atoms with E-state index in [-0.39, 0.29) is 30.8 Å². The molecule has 3 atom stereocenters. The third kappa shape index (κ3) is 5.34. The molecule has 0 unspecified atom stereocenters. The Hall–Kier alpha value is -3.91. The van der Waals surface area contributed by atoms with Crippen molar-refractivity contribution in [3.8, 4) is 5.75 Å². The van der Waals surface area contributed by atoms with Gasteiger partial charge in [0.05, 0.1) is 31.5 Å². The van der Waals surface area contributed by atoms with Crippen molar-refractivity contribution < 1.29 is 33.3 Å². The fourth-order valence-electron chi connectivity index (χ4n) is 5.82. The van der Waals surface area contributed by atoms with Gasteiger partial charge in [-0.3, -0.25) is 4.79 Å². The summed E-state index contributed by atoms with van der Waals surface area (Å²) < 4.78 is 21.7. The summed E-state index contributed by atoms with van der Waals surface area (Å²) >= 11 is 0. The number of ketones is 1. The Labute approximate surface area is 228 Å². The maximum atomic E-state index is 13.9. The Bertz CT molecular complexity index is 1330. The fourth-order valence-corrected chi connectivity index (χ4v) is 5.82. The van der Waals surface area contributed by atoms with E-state index in [9.17, 15) is 14.4 Å². The molecule has 0 radical (unpaired) electrons. The topological polar surface area (TPSA) is 100 Å². The Kier molecular flexibility index (Phi) is 7.84. The largest absolute Gasteiger partial charge is 0.496 e. The molecular weight excluding hydrogens is 498 g/mol. The molecule has 8 nitrogen and oxygen atoms in total. The quantitative estimate of drug-likeness (QED) is 0.519. The molecule has 1 aliphatic carbocycles. The van der Waals surface area contributed by atoms with Gasteiger partial charge in [-0.25, -0.2) is 9.59 Å². The van der Waals surface area contributed by atoms with Crippen LogP contribution in [0, 0.1) is 0 Å². The molecule has 0 amide bonds. The zero-order valence-electron chi connectivity index (χ0n) is 22.5. The highest BCUT2D eigenvalue weighted by Gasteiger charge is 2.42. The summed E-state index contributed by atoms with van der Waals surface area (Å²) in [6.45, 7) is 2.66. The molecule has 2 heterocycles. The van der Waals surface area contributed by atoms with Crippen molar-refractivity contribution >= 4 is 17.7 Å². The number of esters is 2. The lowest BCUT2D eigenvalue weighted by molar-refractivity contribution is -0.142. The van der Waals surface area contributed by atoms with Gasteiger partial charge in [0, 0.05) is 41.8 Å². The van der Waals surface area contributed by atoms with E-state index in [0.29, 0.717) is 35.4 Å². The second-order valence-electron chi connectivity index (χ2n) is 10.1. The minimum absolute atomic E-state index is 0.0429. The molecule has 0 spiro atoms. The molecule has 1 saturated heterocycles. The normalized spacial score (nSPS) is 22.7. The molecule has 8 heteroatoms. The SMILES string of the molecule is COC(=O)c1ccc([C@@H]2C(C(=O)OC[C@H]3CCCO3)=C(C)NC3=C2C(=O)C[C@@H](c2ccccc2OC)C3)cc1. The second-order valence-corrected chi connectivity index (χ2v) is 10.1. The standard InChI is InChI=1S/C31H33NO7/c1-18-27(31(35)39-17-22-7-6-14-38-22)28(19-10-12-20(13-11-19)30(34)37-3)29-24(32-18)15-21(16-25(29)33)23-8-4-5-9-26(23)36-2/h4-5,8-13,21-22,28,32H,6-7,14-17H2,1-3H3/t21-,22+,28+/m0/s1. The molecule has 3 aliphatic rings. The van der Waals surface area contributed by atoms with Crippen LogP contribution in [0.25, 0.3) is 0 Å². The smallest absolute Gasteiger partial charge is 0.337 e. The molecule has 0 saturated carbocycles. The minimum atomic E-state index is -0.629. The van der Waals surface area contributed by atoms with Crippen LogP contribution in [0.2, 0.25) is 0 Å². The van der Waals surface area contributed by atoms with E-state index in [1.165, 1.54) is 7.11 Å². The number of hydrogen-bond acceptors (Lipinski definition) is 8. The Balaban J connectivity index is 1.52. The summed E-state index contributed by atoms with van der Waals surface area (Å²) in [6.07, 6.45) is 2.55. The molecule has 2 aromatic carbocycles. The molecule has 39 heavy (non-hydrogen) atoms. The Morgan fingerprint density at radius 3 is 2.49 bits per heavy atom. The van der Waals surface area contributed by atoms with Gasteiger partial charge in [0.25, 0.3) is 0 Å². The number of nitrogens with one attached hydrogen (secondary N) is 1. The first kappa shape index (κ1) is 26.7. The Morgan fingerprint density at radius 2 is 1.79 bits per heavy atom. The number of para-hydroxylation sites is 1. The third-order valence-electron chi connectivity index (χ3n) is 7.72. The first-order chi connectivity index (χ1) is 18.9. The molecule has 204 valence electrons. The van der Waals surface area contributed by atoms with E-state index in [0.717, 1.165) is 35.4 Å². The average molecular weight is 532 g/mol. The highest BCUT2D eigenvalue weighted by atomic mass is 16.6. The number of methoxy groups -OCH3 is 2. The first-order valence-electron chi connectivity index (χ1n) is 13.2. The van der Waals surface area contributed by atoms with Gasteiger partial charge in [0.15, 0.2) is 5.78 Å². The first-order valence-corrected chi connectivity index (χ1v) is 13.2. The van der Waals surface area contributed by atoms with E-state index in [1.807, 2.05) is 31.2 Å². The van der Waals surface area contributed by atoms with E-state index in [1.54, 1.807) is 31.4 Å². The number of carbonyl (C=O) groups excluding carboxylic acids is 3. The van der Waals surface area contributed by atoms with E-state index >= 15 is 0 Å². The summed E-state index contributed by atoms with van der Waals surface area (Å²) in [5.41, 5.74) is 4.47. The van der Waals surface area contributed by atoms with Crippen molar-refractivity contribution in [2.45, 2.75) is 50.5 Å². The van der Waals surface area contributed by atoms with Crippen LogP contribution in [0.15, 0.2) is 71.1 Å². The van der Waals surface area contributed by atoms with Crippen molar-refractivity contribution in [1.29, 1.82) is 0 Å². The van der Waals surface area contributed by atoms with E-state index < -0.39 is 17.9 Å². The molecule has 1 N–H and O–H groups in total. The van der Waals surface area contributed by atoms with Crippen molar-refractivity contribution in [2.75, 3.05) is 27.4 Å². The third-order valence-corrected chi connectivity index (χ3v) is 7.72. The lowest BCUT2D eigenvalue weighted by Crippen LogP contribution is -2.36. The van der Waals surface area contributed by atoms with Gasteiger partial charge >= 0.3 is 11.9 Å². The van der Waals surface area contributed by atoms with Gasteiger partial charge in [0.1, 0.15) is 12.4 Å². The highest BCUT2D eigenvalue weighted by molar-refractivity contribution is 6.04. The van der Waals surface area contributed by atoms with Crippen molar-refractivity contribution in [3.05, 3.63) is 87.8 Å². The summed E-state index contributed by atoms with van der Waals surface area (Å²) in [7, 11) is 2.95. The summed E-state index contributed by atoms with van der Waals surface area (Å²) in [5.74, 6) is -0.930. The number of benzene rings is 2. The van der Waals surface area contributed by atoms with Crippen LogP contribution in [0.1, 0.15) is 65.9 Å². The van der Waals surface area contributed by atoms with Crippen LogP contribution in [0.3, 0.4) is 0 Å². The average Bonchev–Trinajstić information content (AvgIpc) is 3.48. The second kappa shape index (κ2) is 11.5. The zero-order valence-corrected chi connectivity index (χ0v) is 22.5. The van der Waals surface area contributed by atoms with Gasteiger partial charge in [0.2, 0.25) is 0 Å². The van der Waals surface area contributed by atoms with Crippen molar-refractivity contribution in [2.24, 2.45) is 0 Å². The van der Waals surface area contributed by atoms with Crippen LogP contribution >= 0.6 is 0 Å². The van der Waals surface area contributed by atoms with Crippen molar-refractivity contribution in [3.63, 3.8) is 0 Å². The van der Waals surface area contributed by atoms with Crippen LogP contribution < -0.4 is 10.1 Å². The number of ether oxygens (including phenoxy) is 4. The number of dihydropyridines is 1. The zero-order chi connectivity index (χ0) is 27.5. The highest BCUT2D eigenvalue weighted by Crippen LogP contribution is 2.47. The maximum Gasteiger partial charge on any atom is 0.337 e. The van der Waals surface area contributed by atoms with Gasteiger partial charge in [-0.15, -0.1) is 0 Å². The molecule has 2 aromatic rings. The van der Waals surface area contributed by atoms with E-state index in [2.05, 4.69) is 5.32 Å². The van der Waals surface area contributed by atoms with Crippen molar-refractivity contribution in [1.82, 2.24) is 5.32 Å². The Morgan fingerprint density at radius 1 is 1.03 bits per heavy atom. The predicted octanol–water partition coefficient (Wildman–Crippen LogP) is 4.57. The molecular formula is C31H33NO7. The molecule has 1 fully saturated rings. The minimum Gasteiger partial charge on any atom is -0.496 e.